The van der Waals surface area contributed by atoms with Gasteiger partial charge in [-0.05, 0) is 35.4 Å². The topological polar surface area (TPSA) is 20.2 Å². The maximum atomic E-state index is 10.1. The molecule has 0 aliphatic heterocycles. The molecule has 2 aromatic carbocycles. The molecule has 3 heteroatoms. The van der Waals surface area contributed by atoms with Gasteiger partial charge in [0.05, 0.1) is 6.10 Å². The standard InChI is InChI=1S/C14H12Br2O/c15-12-5-1-10(2-6-12)9-14(17)11-3-7-13(16)8-4-11/h1-8,14,17H,9H2/t14-/m0/s1. The van der Waals surface area contributed by atoms with Crippen LogP contribution in [0.3, 0.4) is 0 Å². The van der Waals surface area contributed by atoms with Crippen LogP contribution in [0.15, 0.2) is 57.5 Å². The molecule has 0 radical (unpaired) electrons. The summed E-state index contributed by atoms with van der Waals surface area (Å²) in [6.45, 7) is 0. The molecule has 0 aromatic heterocycles. The fourth-order valence-corrected chi connectivity index (χ4v) is 2.18. The minimum absolute atomic E-state index is 0.454. The molecule has 0 aliphatic carbocycles. The first kappa shape index (κ1) is 12.8. The van der Waals surface area contributed by atoms with Crippen molar-refractivity contribution in [1.82, 2.24) is 0 Å². The average Bonchev–Trinajstić information content (AvgIpc) is 2.33. The lowest BCUT2D eigenvalue weighted by molar-refractivity contribution is 0.178. The molecule has 0 aliphatic rings. The summed E-state index contributed by atoms with van der Waals surface area (Å²) >= 11 is 6.78. The number of hydrogen-bond donors (Lipinski definition) is 1. The van der Waals surface area contributed by atoms with E-state index >= 15 is 0 Å². The third-order valence-electron chi connectivity index (χ3n) is 2.60. The Kier molecular flexibility index (Phi) is 4.37. The van der Waals surface area contributed by atoms with Crippen LogP contribution in [-0.4, -0.2) is 5.11 Å². The van der Waals surface area contributed by atoms with Gasteiger partial charge >= 0.3 is 0 Å². The van der Waals surface area contributed by atoms with Crippen LogP contribution in [0.4, 0.5) is 0 Å². The summed E-state index contributed by atoms with van der Waals surface area (Å²) in [6, 6.07) is 15.8. The maximum absolute atomic E-state index is 10.1. The van der Waals surface area contributed by atoms with E-state index in [4.69, 9.17) is 0 Å². The molecule has 2 aromatic rings. The highest BCUT2D eigenvalue weighted by molar-refractivity contribution is 9.10. The van der Waals surface area contributed by atoms with Crippen LogP contribution in [0.5, 0.6) is 0 Å². The Morgan fingerprint density at radius 3 is 1.82 bits per heavy atom. The zero-order valence-corrected chi connectivity index (χ0v) is 12.3. The Bertz CT molecular complexity index is 477. The number of benzene rings is 2. The zero-order valence-electron chi connectivity index (χ0n) is 9.11. The predicted octanol–water partition coefficient (Wildman–Crippen LogP) is 4.49. The molecule has 17 heavy (non-hydrogen) atoms. The van der Waals surface area contributed by atoms with E-state index in [1.807, 2.05) is 48.5 Å². The van der Waals surface area contributed by atoms with Gasteiger partial charge in [0.15, 0.2) is 0 Å². The van der Waals surface area contributed by atoms with Crippen LogP contribution >= 0.6 is 31.9 Å². The summed E-state index contributed by atoms with van der Waals surface area (Å²) in [4.78, 5) is 0. The molecule has 2 rings (SSSR count). The van der Waals surface area contributed by atoms with Crippen LogP contribution < -0.4 is 0 Å². The molecule has 1 N–H and O–H groups in total. The molecule has 1 atom stereocenters. The molecule has 1 nitrogen and oxygen atoms in total. The van der Waals surface area contributed by atoms with Crippen LogP contribution in [-0.2, 0) is 6.42 Å². The van der Waals surface area contributed by atoms with Crippen molar-refractivity contribution in [3.05, 3.63) is 68.6 Å². The molecule has 0 fully saturated rings. The lowest BCUT2D eigenvalue weighted by Crippen LogP contribution is -2.01. The van der Waals surface area contributed by atoms with Crippen molar-refractivity contribution in [2.75, 3.05) is 0 Å². The molecule has 0 spiro atoms. The van der Waals surface area contributed by atoms with Gasteiger partial charge in [-0.3, -0.25) is 0 Å². The Labute approximate surface area is 118 Å². The highest BCUT2D eigenvalue weighted by atomic mass is 79.9. The monoisotopic (exact) mass is 354 g/mol. The molecule has 0 saturated heterocycles. The molecule has 0 amide bonds. The zero-order chi connectivity index (χ0) is 12.3. The van der Waals surface area contributed by atoms with E-state index in [9.17, 15) is 5.11 Å². The van der Waals surface area contributed by atoms with E-state index in [2.05, 4.69) is 31.9 Å². The first-order valence-corrected chi connectivity index (χ1v) is 6.92. The number of hydrogen-bond acceptors (Lipinski definition) is 1. The minimum Gasteiger partial charge on any atom is -0.388 e. The first-order valence-electron chi connectivity index (χ1n) is 5.33. The normalized spacial score (nSPS) is 12.4. The smallest absolute Gasteiger partial charge is 0.0830 e. The van der Waals surface area contributed by atoms with Gasteiger partial charge < -0.3 is 5.11 Å². The lowest BCUT2D eigenvalue weighted by Gasteiger charge is -2.11. The van der Waals surface area contributed by atoms with Crippen LogP contribution in [0.1, 0.15) is 17.2 Å². The summed E-state index contributed by atoms with van der Waals surface area (Å²) in [7, 11) is 0. The first-order chi connectivity index (χ1) is 8.15. The van der Waals surface area contributed by atoms with Crippen molar-refractivity contribution in [2.24, 2.45) is 0 Å². The minimum atomic E-state index is -0.454. The Morgan fingerprint density at radius 1 is 0.824 bits per heavy atom. The second-order valence-electron chi connectivity index (χ2n) is 3.90. The summed E-state index contributed by atoms with van der Waals surface area (Å²) < 4.78 is 2.08. The van der Waals surface area contributed by atoms with E-state index in [0.29, 0.717) is 6.42 Å². The Balaban J connectivity index is 2.08. The molecular formula is C14H12Br2O. The lowest BCUT2D eigenvalue weighted by atomic mass is 10.0. The number of rotatable bonds is 3. The Morgan fingerprint density at radius 2 is 1.29 bits per heavy atom. The maximum Gasteiger partial charge on any atom is 0.0830 e. The molecule has 0 unspecified atom stereocenters. The highest BCUT2D eigenvalue weighted by Crippen LogP contribution is 2.21. The predicted molar refractivity (Wildman–Crippen MR) is 76.9 cm³/mol. The highest BCUT2D eigenvalue weighted by Gasteiger charge is 2.08. The van der Waals surface area contributed by atoms with Gasteiger partial charge in [-0.25, -0.2) is 0 Å². The van der Waals surface area contributed by atoms with Crippen LogP contribution in [0.2, 0.25) is 0 Å². The van der Waals surface area contributed by atoms with Crippen molar-refractivity contribution < 1.29 is 5.11 Å². The van der Waals surface area contributed by atoms with Gasteiger partial charge in [0.2, 0.25) is 0 Å². The van der Waals surface area contributed by atoms with Crippen molar-refractivity contribution in [1.29, 1.82) is 0 Å². The quantitative estimate of drug-likeness (QED) is 0.860. The second kappa shape index (κ2) is 5.80. The van der Waals surface area contributed by atoms with E-state index < -0.39 is 6.10 Å². The van der Waals surface area contributed by atoms with E-state index in [1.54, 1.807) is 0 Å². The third-order valence-corrected chi connectivity index (χ3v) is 3.65. The molecule has 0 heterocycles. The number of halogens is 2. The number of aliphatic hydroxyl groups excluding tert-OH is 1. The molecular weight excluding hydrogens is 344 g/mol. The van der Waals surface area contributed by atoms with Crippen molar-refractivity contribution in [2.45, 2.75) is 12.5 Å². The van der Waals surface area contributed by atoms with Crippen molar-refractivity contribution in [3.8, 4) is 0 Å². The number of aliphatic hydroxyl groups is 1. The van der Waals surface area contributed by atoms with E-state index in [0.717, 1.165) is 20.1 Å². The van der Waals surface area contributed by atoms with Gasteiger partial charge in [-0.1, -0.05) is 56.1 Å². The fraction of sp³-hybridized carbons (Fsp3) is 0.143. The molecule has 0 bridgehead atoms. The van der Waals surface area contributed by atoms with Gasteiger partial charge in [-0.15, -0.1) is 0 Å². The van der Waals surface area contributed by atoms with Crippen LogP contribution in [0, 0.1) is 0 Å². The summed E-state index contributed by atoms with van der Waals surface area (Å²) in [5.74, 6) is 0. The average molecular weight is 356 g/mol. The van der Waals surface area contributed by atoms with Crippen LogP contribution in [0.25, 0.3) is 0 Å². The fourth-order valence-electron chi connectivity index (χ4n) is 1.65. The Hall–Kier alpha value is -0.640. The largest absolute Gasteiger partial charge is 0.388 e. The summed E-state index contributed by atoms with van der Waals surface area (Å²) in [5, 5.41) is 10.1. The second-order valence-corrected chi connectivity index (χ2v) is 5.73. The molecule has 88 valence electrons. The van der Waals surface area contributed by atoms with Crippen molar-refractivity contribution in [3.63, 3.8) is 0 Å². The SMILES string of the molecule is O[C@@H](Cc1ccc(Br)cc1)c1ccc(Br)cc1. The molecule has 0 saturated carbocycles. The van der Waals surface area contributed by atoms with E-state index in [1.165, 1.54) is 0 Å². The van der Waals surface area contributed by atoms with E-state index in [-0.39, 0.29) is 0 Å². The van der Waals surface area contributed by atoms with Gasteiger partial charge in [0, 0.05) is 15.4 Å². The van der Waals surface area contributed by atoms with Crippen molar-refractivity contribution >= 4 is 31.9 Å². The third kappa shape index (κ3) is 3.66. The summed E-state index contributed by atoms with van der Waals surface area (Å²) in [6.07, 6.45) is 0.179. The van der Waals surface area contributed by atoms with Gasteiger partial charge in [0.1, 0.15) is 0 Å². The van der Waals surface area contributed by atoms with Gasteiger partial charge in [-0.2, -0.15) is 0 Å². The summed E-state index contributed by atoms with van der Waals surface area (Å²) in [5.41, 5.74) is 2.07. The van der Waals surface area contributed by atoms with Gasteiger partial charge in [0.25, 0.3) is 0 Å².